The summed E-state index contributed by atoms with van der Waals surface area (Å²) in [5, 5.41) is 1.95. The molecule has 1 aromatic rings. The van der Waals surface area contributed by atoms with E-state index in [1.165, 1.54) is 24.2 Å². The molecule has 1 aliphatic rings. The summed E-state index contributed by atoms with van der Waals surface area (Å²) in [6.45, 7) is 4.21. The van der Waals surface area contributed by atoms with Crippen molar-refractivity contribution in [1.82, 2.24) is 4.90 Å². The molecule has 0 amide bonds. The minimum absolute atomic E-state index is 0.200. The van der Waals surface area contributed by atoms with Gasteiger partial charge in [-0.25, -0.2) is 0 Å². The molecule has 0 aliphatic heterocycles. The molecule has 3 nitrogen and oxygen atoms in total. The maximum absolute atomic E-state index is 12.3. The minimum Gasteiger partial charge on any atom is -0.383 e. The first-order valence-corrected chi connectivity index (χ1v) is 8.30. The Kier molecular flexibility index (Phi) is 5.57. The first-order valence-electron chi connectivity index (χ1n) is 6.62. The summed E-state index contributed by atoms with van der Waals surface area (Å²) in [7, 11) is 1.71. The monoisotopic (exact) mass is 345 g/mol. The average molecular weight is 346 g/mol. The minimum atomic E-state index is 0.200. The van der Waals surface area contributed by atoms with Crippen LogP contribution in [0.25, 0.3) is 0 Å². The van der Waals surface area contributed by atoms with Gasteiger partial charge in [0, 0.05) is 24.2 Å². The van der Waals surface area contributed by atoms with Crippen LogP contribution in [0.2, 0.25) is 0 Å². The van der Waals surface area contributed by atoms with Crippen LogP contribution in [-0.2, 0) is 4.74 Å². The molecule has 1 fully saturated rings. The van der Waals surface area contributed by atoms with Gasteiger partial charge in [0.15, 0.2) is 5.78 Å². The molecule has 1 aromatic heterocycles. The molecule has 2 rings (SSSR count). The van der Waals surface area contributed by atoms with Crippen LogP contribution in [0.5, 0.6) is 0 Å². The maximum Gasteiger partial charge on any atom is 0.187 e. The van der Waals surface area contributed by atoms with Crippen molar-refractivity contribution < 1.29 is 9.53 Å². The molecule has 0 aromatic carbocycles. The molecule has 19 heavy (non-hydrogen) atoms. The number of halogens is 1. The van der Waals surface area contributed by atoms with Gasteiger partial charge < -0.3 is 4.74 Å². The van der Waals surface area contributed by atoms with E-state index < -0.39 is 0 Å². The van der Waals surface area contributed by atoms with Crippen LogP contribution in [0.3, 0.4) is 0 Å². The SMILES string of the molecule is COCCN(CC(=O)c1sccc1Br)C(C)C1CC1. The van der Waals surface area contributed by atoms with Gasteiger partial charge in [-0.1, -0.05) is 0 Å². The van der Waals surface area contributed by atoms with Gasteiger partial charge in [-0.15, -0.1) is 11.3 Å². The number of hydrogen-bond acceptors (Lipinski definition) is 4. The third-order valence-corrected chi connectivity index (χ3v) is 5.56. The van der Waals surface area contributed by atoms with Crippen molar-refractivity contribution in [2.75, 3.05) is 26.8 Å². The molecular weight excluding hydrogens is 326 g/mol. The van der Waals surface area contributed by atoms with Crippen LogP contribution < -0.4 is 0 Å². The molecule has 1 saturated carbocycles. The van der Waals surface area contributed by atoms with Crippen LogP contribution in [0.15, 0.2) is 15.9 Å². The van der Waals surface area contributed by atoms with Gasteiger partial charge in [-0.2, -0.15) is 0 Å². The lowest BCUT2D eigenvalue weighted by atomic mass is 10.1. The maximum atomic E-state index is 12.3. The summed E-state index contributed by atoms with van der Waals surface area (Å²) in [5.74, 6) is 0.960. The Labute approximate surface area is 127 Å². The Hall–Kier alpha value is -0.230. The quantitative estimate of drug-likeness (QED) is 0.676. The van der Waals surface area contributed by atoms with E-state index in [4.69, 9.17) is 4.74 Å². The molecule has 0 radical (unpaired) electrons. The second-order valence-electron chi connectivity index (χ2n) is 5.06. The number of hydrogen-bond donors (Lipinski definition) is 0. The molecule has 1 atom stereocenters. The molecular formula is C14H20BrNO2S. The van der Waals surface area contributed by atoms with Crippen molar-refractivity contribution in [2.45, 2.75) is 25.8 Å². The highest BCUT2D eigenvalue weighted by Gasteiger charge is 2.32. The summed E-state index contributed by atoms with van der Waals surface area (Å²) < 4.78 is 6.07. The van der Waals surface area contributed by atoms with E-state index in [2.05, 4.69) is 27.8 Å². The normalized spacial score (nSPS) is 16.8. The van der Waals surface area contributed by atoms with E-state index >= 15 is 0 Å². The molecule has 0 saturated heterocycles. The molecule has 0 spiro atoms. The summed E-state index contributed by atoms with van der Waals surface area (Å²) in [4.78, 5) is 15.4. The predicted octanol–water partition coefficient (Wildman–Crippen LogP) is 3.44. The van der Waals surface area contributed by atoms with Crippen molar-refractivity contribution in [3.8, 4) is 0 Å². The van der Waals surface area contributed by atoms with Gasteiger partial charge in [0.05, 0.1) is 18.0 Å². The number of nitrogens with zero attached hydrogens (tertiary/aromatic N) is 1. The first kappa shape index (κ1) is 15.2. The summed E-state index contributed by atoms with van der Waals surface area (Å²) >= 11 is 4.94. The molecule has 1 aliphatic carbocycles. The van der Waals surface area contributed by atoms with Crippen LogP contribution in [-0.4, -0.2) is 43.5 Å². The van der Waals surface area contributed by atoms with E-state index in [1.807, 2.05) is 11.4 Å². The predicted molar refractivity (Wildman–Crippen MR) is 82.0 cm³/mol. The zero-order valence-electron chi connectivity index (χ0n) is 11.4. The summed E-state index contributed by atoms with van der Waals surface area (Å²) in [5.41, 5.74) is 0. The number of ketones is 1. The second-order valence-corrected chi connectivity index (χ2v) is 6.83. The number of ether oxygens (including phenoxy) is 1. The van der Waals surface area contributed by atoms with E-state index in [0.717, 1.165) is 21.8 Å². The van der Waals surface area contributed by atoms with E-state index in [9.17, 15) is 4.79 Å². The fraction of sp³-hybridized carbons (Fsp3) is 0.643. The van der Waals surface area contributed by atoms with Crippen LogP contribution in [0.1, 0.15) is 29.4 Å². The molecule has 5 heteroatoms. The Bertz CT molecular complexity index is 431. The van der Waals surface area contributed by atoms with Crippen molar-refractivity contribution in [2.24, 2.45) is 5.92 Å². The Balaban J connectivity index is 1.98. The average Bonchev–Trinajstić information content (AvgIpc) is 3.15. The van der Waals surface area contributed by atoms with Crippen LogP contribution >= 0.6 is 27.3 Å². The van der Waals surface area contributed by atoms with Gasteiger partial charge >= 0.3 is 0 Å². The number of thiophene rings is 1. The van der Waals surface area contributed by atoms with Gasteiger partial charge in [-0.05, 0) is 53.1 Å². The molecule has 0 bridgehead atoms. The van der Waals surface area contributed by atoms with Gasteiger partial charge in [0.2, 0.25) is 0 Å². The van der Waals surface area contributed by atoms with Crippen molar-refractivity contribution >= 4 is 33.0 Å². The second kappa shape index (κ2) is 6.97. The van der Waals surface area contributed by atoms with Crippen molar-refractivity contribution in [1.29, 1.82) is 0 Å². The standard InChI is InChI=1S/C14H20BrNO2S/c1-10(11-3-4-11)16(6-7-18-2)9-13(17)14-12(15)5-8-19-14/h5,8,10-11H,3-4,6-7,9H2,1-2H3. The number of carbonyl (C=O) groups excluding carboxylic acids is 1. The highest BCUT2D eigenvalue weighted by molar-refractivity contribution is 9.10. The summed E-state index contributed by atoms with van der Waals surface area (Å²) in [6, 6.07) is 2.40. The van der Waals surface area contributed by atoms with Crippen LogP contribution in [0, 0.1) is 5.92 Å². The first-order chi connectivity index (χ1) is 9.13. The van der Waals surface area contributed by atoms with Crippen LogP contribution in [0.4, 0.5) is 0 Å². The van der Waals surface area contributed by atoms with E-state index in [-0.39, 0.29) is 5.78 Å². The number of rotatable bonds is 8. The van der Waals surface area contributed by atoms with Gasteiger partial charge in [0.1, 0.15) is 0 Å². The zero-order valence-corrected chi connectivity index (χ0v) is 13.8. The van der Waals surface area contributed by atoms with Crippen molar-refractivity contribution in [3.05, 3.63) is 20.8 Å². The topological polar surface area (TPSA) is 29.5 Å². The zero-order chi connectivity index (χ0) is 13.8. The largest absolute Gasteiger partial charge is 0.383 e. The number of Topliss-reactive ketones (excluding diaryl/α,β-unsaturated/α-hetero) is 1. The van der Waals surface area contributed by atoms with E-state index in [0.29, 0.717) is 19.2 Å². The number of methoxy groups -OCH3 is 1. The van der Waals surface area contributed by atoms with Gasteiger partial charge in [-0.3, -0.25) is 9.69 Å². The molecule has 1 heterocycles. The molecule has 1 unspecified atom stereocenters. The molecule has 0 N–H and O–H groups in total. The Morgan fingerprint density at radius 3 is 2.89 bits per heavy atom. The third-order valence-electron chi connectivity index (χ3n) is 3.68. The lowest BCUT2D eigenvalue weighted by Gasteiger charge is -2.28. The lowest BCUT2D eigenvalue weighted by molar-refractivity contribution is 0.0819. The number of carbonyl (C=O) groups is 1. The highest BCUT2D eigenvalue weighted by atomic mass is 79.9. The van der Waals surface area contributed by atoms with E-state index in [1.54, 1.807) is 7.11 Å². The highest BCUT2D eigenvalue weighted by Crippen LogP contribution is 2.35. The smallest absolute Gasteiger partial charge is 0.187 e. The third kappa shape index (κ3) is 4.12. The fourth-order valence-electron chi connectivity index (χ4n) is 2.26. The molecule has 106 valence electrons. The Morgan fingerprint density at radius 2 is 2.37 bits per heavy atom. The fourth-order valence-corrected chi connectivity index (χ4v) is 3.79. The lowest BCUT2D eigenvalue weighted by Crippen LogP contribution is -2.40. The van der Waals surface area contributed by atoms with Crippen molar-refractivity contribution in [3.63, 3.8) is 0 Å². The van der Waals surface area contributed by atoms with Gasteiger partial charge in [0.25, 0.3) is 0 Å². The Morgan fingerprint density at radius 1 is 1.63 bits per heavy atom. The summed E-state index contributed by atoms with van der Waals surface area (Å²) in [6.07, 6.45) is 2.59.